The van der Waals surface area contributed by atoms with Crippen molar-refractivity contribution in [2.75, 3.05) is 13.1 Å². The predicted molar refractivity (Wildman–Crippen MR) is 121 cm³/mol. The maximum atomic E-state index is 13.3. The number of likely N-dealkylation sites (tertiary alicyclic amines) is 1. The van der Waals surface area contributed by atoms with Crippen LogP contribution in [0.25, 0.3) is 10.9 Å². The first-order chi connectivity index (χ1) is 15.2. The zero-order valence-corrected chi connectivity index (χ0v) is 17.9. The van der Waals surface area contributed by atoms with Crippen LogP contribution in [0.5, 0.6) is 0 Å². The number of hydrogen-bond donors (Lipinski definition) is 0. The van der Waals surface area contributed by atoms with Gasteiger partial charge in [-0.25, -0.2) is 0 Å². The molecule has 5 heteroatoms. The van der Waals surface area contributed by atoms with E-state index in [1.807, 2.05) is 10.6 Å². The molecule has 2 aromatic heterocycles. The van der Waals surface area contributed by atoms with Crippen LogP contribution in [0.3, 0.4) is 0 Å². The third-order valence-corrected chi connectivity index (χ3v) is 7.67. The van der Waals surface area contributed by atoms with Gasteiger partial charge in [-0.2, -0.15) is 0 Å². The van der Waals surface area contributed by atoms with Crippen molar-refractivity contribution >= 4 is 16.8 Å². The van der Waals surface area contributed by atoms with Crippen molar-refractivity contribution in [2.24, 2.45) is 5.92 Å². The van der Waals surface area contributed by atoms with Crippen LogP contribution < -0.4 is 5.56 Å². The number of pyridine rings is 1. The number of benzene rings is 1. The van der Waals surface area contributed by atoms with Crippen LogP contribution in [-0.2, 0) is 30.7 Å². The Morgan fingerprint density at radius 2 is 1.84 bits per heavy atom. The van der Waals surface area contributed by atoms with E-state index in [2.05, 4.69) is 39.8 Å². The summed E-state index contributed by atoms with van der Waals surface area (Å²) < 4.78 is 4.35. The molecule has 0 radical (unpaired) electrons. The number of carbonyl (C=O) groups is 1. The molecule has 0 saturated carbocycles. The van der Waals surface area contributed by atoms with Crippen molar-refractivity contribution in [3.05, 3.63) is 69.8 Å². The van der Waals surface area contributed by atoms with Crippen LogP contribution in [0, 0.1) is 5.92 Å². The van der Waals surface area contributed by atoms with E-state index in [0.717, 1.165) is 51.1 Å². The fourth-order valence-electron chi connectivity index (χ4n) is 6.31. The molecule has 3 aromatic rings. The third kappa shape index (κ3) is 3.13. The molecule has 6 rings (SSSR count). The summed E-state index contributed by atoms with van der Waals surface area (Å²) in [6.07, 6.45) is 6.42. The molecule has 1 saturated heterocycles. The van der Waals surface area contributed by atoms with Gasteiger partial charge in [0, 0.05) is 66.9 Å². The average molecular weight is 416 g/mol. The minimum atomic E-state index is 0.0937. The molecule has 5 nitrogen and oxygen atoms in total. The monoisotopic (exact) mass is 415 g/mol. The Labute approximate surface area is 182 Å². The molecule has 2 bridgehead atoms. The van der Waals surface area contributed by atoms with Crippen molar-refractivity contribution in [3.63, 3.8) is 0 Å². The first-order valence-electron chi connectivity index (χ1n) is 11.8. The van der Waals surface area contributed by atoms with E-state index in [9.17, 15) is 9.59 Å². The molecule has 4 heterocycles. The Morgan fingerprint density at radius 3 is 2.77 bits per heavy atom. The molecule has 2 atom stereocenters. The van der Waals surface area contributed by atoms with Gasteiger partial charge in [-0.05, 0) is 55.7 Å². The minimum absolute atomic E-state index is 0.0937. The van der Waals surface area contributed by atoms with Gasteiger partial charge < -0.3 is 14.0 Å². The summed E-state index contributed by atoms with van der Waals surface area (Å²) in [5.74, 6) is 0.921. The second-order valence-corrected chi connectivity index (χ2v) is 9.55. The number of aromatic nitrogens is 2. The molecule has 160 valence electrons. The van der Waals surface area contributed by atoms with Crippen LogP contribution in [0.15, 0.2) is 47.3 Å². The molecular formula is C26H29N3O2. The number of para-hydroxylation sites is 1. The number of carbonyl (C=O) groups excluding carboxylic acids is 1. The molecule has 2 unspecified atom stereocenters. The van der Waals surface area contributed by atoms with Crippen LogP contribution in [-0.4, -0.2) is 33.0 Å². The van der Waals surface area contributed by atoms with Crippen molar-refractivity contribution in [2.45, 2.75) is 57.5 Å². The van der Waals surface area contributed by atoms with Gasteiger partial charge in [-0.3, -0.25) is 9.59 Å². The normalized spacial score (nSPS) is 22.3. The molecule has 0 N–H and O–H groups in total. The van der Waals surface area contributed by atoms with Gasteiger partial charge in [0.15, 0.2) is 0 Å². The first-order valence-corrected chi connectivity index (χ1v) is 11.8. The Balaban J connectivity index is 1.22. The zero-order valence-electron chi connectivity index (χ0n) is 17.9. The Kier molecular flexibility index (Phi) is 4.51. The lowest BCUT2D eigenvalue weighted by atomic mass is 9.83. The zero-order chi connectivity index (χ0) is 20.9. The van der Waals surface area contributed by atoms with Crippen molar-refractivity contribution in [1.82, 2.24) is 14.0 Å². The third-order valence-electron chi connectivity index (χ3n) is 7.67. The summed E-state index contributed by atoms with van der Waals surface area (Å²) in [4.78, 5) is 27.6. The highest BCUT2D eigenvalue weighted by atomic mass is 16.2. The van der Waals surface area contributed by atoms with Gasteiger partial charge in [0.25, 0.3) is 5.56 Å². The lowest BCUT2D eigenvalue weighted by molar-refractivity contribution is -0.134. The van der Waals surface area contributed by atoms with Crippen molar-refractivity contribution in [3.8, 4) is 0 Å². The highest BCUT2D eigenvalue weighted by molar-refractivity contribution is 5.86. The molecule has 1 fully saturated rings. The van der Waals surface area contributed by atoms with E-state index >= 15 is 0 Å². The number of fused-ring (bicyclic) bond motifs is 7. The first kappa shape index (κ1) is 18.9. The van der Waals surface area contributed by atoms with E-state index in [-0.39, 0.29) is 17.4 Å². The van der Waals surface area contributed by atoms with Crippen molar-refractivity contribution in [1.29, 1.82) is 0 Å². The van der Waals surface area contributed by atoms with Crippen LogP contribution in [0.2, 0.25) is 0 Å². The summed E-state index contributed by atoms with van der Waals surface area (Å²) in [7, 11) is 0. The lowest BCUT2D eigenvalue weighted by Crippen LogP contribution is -2.49. The number of piperidine rings is 1. The van der Waals surface area contributed by atoms with Gasteiger partial charge in [0.2, 0.25) is 5.91 Å². The number of aryl methyl sites for hydroxylation is 2. The minimum Gasteiger partial charge on any atom is -0.344 e. The molecule has 2 aliphatic heterocycles. The standard InChI is InChI=1S/C26H29N3O2/c30-25(27-15-18-14-19(17-27)22-10-5-11-26(31)29(22)16-18)12-13-28-23-8-3-1-6-20(23)21-7-2-4-9-24(21)28/h1,3,5-6,8,10-11,18-19H,2,4,7,9,12-17H2. The molecule has 0 spiro atoms. The van der Waals surface area contributed by atoms with E-state index < -0.39 is 0 Å². The number of amides is 1. The van der Waals surface area contributed by atoms with Gasteiger partial charge in [0.05, 0.1) is 0 Å². The maximum absolute atomic E-state index is 13.3. The molecule has 31 heavy (non-hydrogen) atoms. The topological polar surface area (TPSA) is 47.2 Å². The second kappa shape index (κ2) is 7.40. The van der Waals surface area contributed by atoms with Crippen LogP contribution in [0.4, 0.5) is 0 Å². The molecular weight excluding hydrogens is 386 g/mol. The fourth-order valence-corrected chi connectivity index (χ4v) is 6.31. The van der Waals surface area contributed by atoms with E-state index in [1.54, 1.807) is 6.07 Å². The Bertz CT molecular complexity index is 1220. The quantitative estimate of drug-likeness (QED) is 0.655. The highest BCUT2D eigenvalue weighted by Crippen LogP contribution is 2.36. The van der Waals surface area contributed by atoms with Crippen LogP contribution >= 0.6 is 0 Å². The van der Waals surface area contributed by atoms with Gasteiger partial charge >= 0.3 is 0 Å². The van der Waals surface area contributed by atoms with Crippen molar-refractivity contribution < 1.29 is 4.79 Å². The highest BCUT2D eigenvalue weighted by Gasteiger charge is 2.36. The SMILES string of the molecule is O=C(CCn1c2c(c3ccccc31)CCCC2)N1CC2CC(C1)c1cccc(=O)n1C2. The number of rotatable bonds is 3. The second-order valence-electron chi connectivity index (χ2n) is 9.55. The molecule has 3 aliphatic rings. The van der Waals surface area contributed by atoms with E-state index in [4.69, 9.17) is 0 Å². The van der Waals surface area contributed by atoms with Gasteiger partial charge in [-0.15, -0.1) is 0 Å². The Hall–Kier alpha value is -2.82. The summed E-state index contributed by atoms with van der Waals surface area (Å²) in [6.45, 7) is 3.02. The summed E-state index contributed by atoms with van der Waals surface area (Å²) in [5.41, 5.74) is 5.43. The smallest absolute Gasteiger partial charge is 0.250 e. The number of nitrogens with zero attached hydrogens (tertiary/aromatic N) is 3. The Morgan fingerprint density at radius 1 is 0.968 bits per heavy atom. The van der Waals surface area contributed by atoms with Gasteiger partial charge in [-0.1, -0.05) is 24.3 Å². The summed E-state index contributed by atoms with van der Waals surface area (Å²) >= 11 is 0. The maximum Gasteiger partial charge on any atom is 0.250 e. The van der Waals surface area contributed by atoms with E-state index in [1.165, 1.54) is 35.0 Å². The average Bonchev–Trinajstić information content (AvgIpc) is 3.12. The summed E-state index contributed by atoms with van der Waals surface area (Å²) in [5, 5.41) is 1.37. The molecule has 1 aromatic carbocycles. The fraction of sp³-hybridized carbons (Fsp3) is 0.462. The largest absolute Gasteiger partial charge is 0.344 e. The summed E-state index contributed by atoms with van der Waals surface area (Å²) in [6, 6.07) is 14.3. The predicted octanol–water partition coefficient (Wildman–Crippen LogP) is 3.72. The lowest BCUT2D eigenvalue weighted by Gasteiger charge is -2.42. The van der Waals surface area contributed by atoms with Crippen LogP contribution in [0.1, 0.15) is 48.6 Å². The van der Waals surface area contributed by atoms with E-state index in [0.29, 0.717) is 12.3 Å². The van der Waals surface area contributed by atoms with Gasteiger partial charge in [0.1, 0.15) is 0 Å². The molecule has 1 aliphatic carbocycles. The molecule has 1 amide bonds. The number of hydrogen-bond acceptors (Lipinski definition) is 2.